The number of piperidine rings is 1. The normalized spacial score (nSPS) is 30.9. The van der Waals surface area contributed by atoms with Gasteiger partial charge in [-0.1, -0.05) is 26.7 Å². The van der Waals surface area contributed by atoms with Crippen LogP contribution < -0.4 is 5.32 Å². The Hall–Kier alpha value is -0.810. The van der Waals surface area contributed by atoms with Gasteiger partial charge in [-0.25, -0.2) is 4.79 Å². The zero-order chi connectivity index (χ0) is 18.0. The fourth-order valence-electron chi connectivity index (χ4n) is 4.05. The minimum absolute atomic E-state index is 0.00733. The van der Waals surface area contributed by atoms with Crippen molar-refractivity contribution in [3.05, 3.63) is 0 Å². The first-order chi connectivity index (χ1) is 11.1. The van der Waals surface area contributed by atoms with Crippen LogP contribution in [0.4, 0.5) is 4.79 Å². The third kappa shape index (κ3) is 5.09. The number of likely N-dealkylation sites (tertiary alicyclic amines) is 1. The number of aliphatic hydroxyl groups is 1. The maximum Gasteiger partial charge on any atom is 0.410 e. The highest BCUT2D eigenvalue weighted by molar-refractivity contribution is 5.68. The molecule has 24 heavy (non-hydrogen) atoms. The molecule has 5 heteroatoms. The maximum absolute atomic E-state index is 12.3. The first-order valence-corrected chi connectivity index (χ1v) is 9.47. The third-order valence-corrected chi connectivity index (χ3v) is 5.44. The molecule has 2 N–H and O–H groups in total. The van der Waals surface area contributed by atoms with Crippen LogP contribution in [0.3, 0.4) is 0 Å². The smallest absolute Gasteiger partial charge is 0.410 e. The van der Waals surface area contributed by atoms with E-state index in [0.717, 1.165) is 25.8 Å². The van der Waals surface area contributed by atoms with Crippen LogP contribution >= 0.6 is 0 Å². The van der Waals surface area contributed by atoms with E-state index in [4.69, 9.17) is 4.74 Å². The van der Waals surface area contributed by atoms with Crippen molar-refractivity contribution in [1.29, 1.82) is 0 Å². The number of nitrogens with zero attached hydrogens (tertiary/aromatic N) is 1. The summed E-state index contributed by atoms with van der Waals surface area (Å²) in [6.45, 7) is 11.9. The number of hydrogen-bond acceptors (Lipinski definition) is 4. The average molecular weight is 341 g/mol. The standard InChI is InChI=1S/C19H36N2O3/c1-18(2,3)24-17(23)21-11-10-16(19(4,5)13-21)20-15-9-7-6-8-14(15)12-22/h14-16,20,22H,6-13H2,1-5H3. The van der Waals surface area contributed by atoms with Gasteiger partial charge in [-0.15, -0.1) is 0 Å². The Morgan fingerprint density at radius 2 is 1.92 bits per heavy atom. The number of hydrogen-bond donors (Lipinski definition) is 2. The van der Waals surface area contributed by atoms with E-state index in [-0.39, 0.29) is 18.1 Å². The van der Waals surface area contributed by atoms with E-state index >= 15 is 0 Å². The Bertz CT molecular complexity index is 431. The molecule has 2 rings (SSSR count). The fourth-order valence-corrected chi connectivity index (χ4v) is 4.05. The lowest BCUT2D eigenvalue weighted by atomic mass is 9.77. The molecule has 1 saturated carbocycles. The van der Waals surface area contributed by atoms with Gasteiger partial charge in [0.25, 0.3) is 0 Å². The topological polar surface area (TPSA) is 61.8 Å². The Morgan fingerprint density at radius 3 is 2.50 bits per heavy atom. The minimum atomic E-state index is -0.452. The van der Waals surface area contributed by atoms with Gasteiger partial charge >= 0.3 is 6.09 Å². The SMILES string of the molecule is CC(C)(C)OC(=O)N1CCC(NC2CCCCC2CO)C(C)(C)C1. The van der Waals surface area contributed by atoms with E-state index in [1.165, 1.54) is 12.8 Å². The van der Waals surface area contributed by atoms with Gasteiger partial charge in [-0.3, -0.25) is 0 Å². The molecule has 2 fully saturated rings. The van der Waals surface area contributed by atoms with Crippen LogP contribution in [0, 0.1) is 11.3 Å². The third-order valence-electron chi connectivity index (χ3n) is 5.44. The lowest BCUT2D eigenvalue weighted by Crippen LogP contribution is -2.59. The van der Waals surface area contributed by atoms with Gasteiger partial charge < -0.3 is 20.1 Å². The van der Waals surface area contributed by atoms with Crippen LogP contribution in [0.15, 0.2) is 0 Å². The Morgan fingerprint density at radius 1 is 1.25 bits per heavy atom. The molecule has 5 nitrogen and oxygen atoms in total. The van der Waals surface area contributed by atoms with Crippen molar-refractivity contribution in [3.63, 3.8) is 0 Å². The summed E-state index contributed by atoms with van der Waals surface area (Å²) >= 11 is 0. The molecular weight excluding hydrogens is 304 g/mol. The van der Waals surface area contributed by atoms with Crippen molar-refractivity contribution in [1.82, 2.24) is 10.2 Å². The minimum Gasteiger partial charge on any atom is -0.444 e. The van der Waals surface area contributed by atoms with E-state index < -0.39 is 5.60 Å². The maximum atomic E-state index is 12.3. The second kappa shape index (κ2) is 7.61. The number of ether oxygens (including phenoxy) is 1. The highest BCUT2D eigenvalue weighted by atomic mass is 16.6. The van der Waals surface area contributed by atoms with Crippen molar-refractivity contribution in [2.45, 2.75) is 84.4 Å². The van der Waals surface area contributed by atoms with Crippen LogP contribution in [0.2, 0.25) is 0 Å². The Kier molecular flexibility index (Phi) is 6.19. The van der Waals surface area contributed by atoms with Crippen LogP contribution in [0.5, 0.6) is 0 Å². The van der Waals surface area contributed by atoms with Crippen molar-refractivity contribution in [3.8, 4) is 0 Å². The number of carbonyl (C=O) groups is 1. The summed E-state index contributed by atoms with van der Waals surface area (Å²) in [5, 5.41) is 13.5. The average Bonchev–Trinajstić information content (AvgIpc) is 2.47. The Balaban J connectivity index is 1.94. The molecule has 3 unspecified atom stereocenters. The molecule has 2 aliphatic rings. The molecule has 1 amide bonds. The van der Waals surface area contributed by atoms with Crippen LogP contribution in [-0.2, 0) is 4.74 Å². The van der Waals surface area contributed by atoms with Crippen LogP contribution in [0.25, 0.3) is 0 Å². The van der Waals surface area contributed by atoms with E-state index in [1.54, 1.807) is 0 Å². The van der Waals surface area contributed by atoms with Gasteiger partial charge in [-0.2, -0.15) is 0 Å². The first kappa shape index (κ1) is 19.5. The van der Waals surface area contributed by atoms with E-state index in [2.05, 4.69) is 19.2 Å². The molecule has 1 saturated heterocycles. The number of amides is 1. The number of rotatable bonds is 3. The van der Waals surface area contributed by atoms with Gasteiger partial charge in [0, 0.05) is 31.8 Å². The second-order valence-electron chi connectivity index (χ2n) is 9.23. The summed E-state index contributed by atoms with van der Waals surface area (Å²) in [7, 11) is 0. The van der Waals surface area contributed by atoms with Gasteiger partial charge in [0.05, 0.1) is 0 Å². The van der Waals surface area contributed by atoms with E-state index in [9.17, 15) is 9.90 Å². The highest BCUT2D eigenvalue weighted by Crippen LogP contribution is 2.33. The summed E-state index contributed by atoms with van der Waals surface area (Å²) in [6, 6.07) is 0.773. The molecule has 0 aromatic rings. The van der Waals surface area contributed by atoms with E-state index in [1.807, 2.05) is 25.7 Å². The molecular formula is C19H36N2O3. The molecule has 1 aliphatic carbocycles. The van der Waals surface area contributed by atoms with Gasteiger partial charge in [0.2, 0.25) is 0 Å². The van der Waals surface area contributed by atoms with Gasteiger partial charge in [0.1, 0.15) is 5.60 Å². The van der Waals surface area contributed by atoms with Crippen molar-refractivity contribution >= 4 is 6.09 Å². The number of carbonyl (C=O) groups excluding carboxylic acids is 1. The molecule has 0 bridgehead atoms. The summed E-state index contributed by atoms with van der Waals surface area (Å²) in [6.07, 6.45) is 5.45. The van der Waals surface area contributed by atoms with Crippen LogP contribution in [0.1, 0.15) is 66.7 Å². The summed E-state index contributed by atoms with van der Waals surface area (Å²) < 4.78 is 5.52. The molecule has 0 spiro atoms. The van der Waals surface area contributed by atoms with Crippen molar-refractivity contribution in [2.75, 3.05) is 19.7 Å². The highest BCUT2D eigenvalue weighted by Gasteiger charge is 2.40. The largest absolute Gasteiger partial charge is 0.444 e. The van der Waals surface area contributed by atoms with Gasteiger partial charge in [-0.05, 0) is 51.4 Å². The lowest BCUT2D eigenvalue weighted by molar-refractivity contribution is -0.00111. The number of aliphatic hydroxyl groups excluding tert-OH is 1. The molecule has 0 radical (unpaired) electrons. The monoisotopic (exact) mass is 340 g/mol. The molecule has 3 atom stereocenters. The zero-order valence-corrected chi connectivity index (χ0v) is 16.1. The predicted molar refractivity (Wildman–Crippen MR) is 96.0 cm³/mol. The predicted octanol–water partition coefficient (Wildman–Crippen LogP) is 3.16. The lowest BCUT2D eigenvalue weighted by Gasteiger charge is -2.47. The quantitative estimate of drug-likeness (QED) is 0.828. The Labute approximate surface area is 147 Å². The van der Waals surface area contributed by atoms with Gasteiger partial charge in [0.15, 0.2) is 0 Å². The molecule has 1 aliphatic heterocycles. The molecule has 0 aromatic heterocycles. The summed E-state index contributed by atoms with van der Waals surface area (Å²) in [5.74, 6) is 0.374. The zero-order valence-electron chi connectivity index (χ0n) is 16.1. The van der Waals surface area contributed by atoms with Crippen LogP contribution in [-0.4, -0.2) is 53.5 Å². The first-order valence-electron chi connectivity index (χ1n) is 9.47. The molecule has 0 aromatic carbocycles. The summed E-state index contributed by atoms with van der Waals surface area (Å²) in [5.41, 5.74) is -0.459. The number of nitrogens with one attached hydrogen (secondary N) is 1. The van der Waals surface area contributed by atoms with Crippen molar-refractivity contribution in [2.24, 2.45) is 11.3 Å². The second-order valence-corrected chi connectivity index (χ2v) is 9.23. The van der Waals surface area contributed by atoms with E-state index in [0.29, 0.717) is 24.5 Å². The van der Waals surface area contributed by atoms with Crippen molar-refractivity contribution < 1.29 is 14.6 Å². The fraction of sp³-hybridized carbons (Fsp3) is 0.947. The summed E-state index contributed by atoms with van der Waals surface area (Å²) in [4.78, 5) is 14.2. The molecule has 1 heterocycles. The molecule has 140 valence electrons.